The van der Waals surface area contributed by atoms with Crippen molar-refractivity contribution in [2.24, 2.45) is 0 Å². The quantitative estimate of drug-likeness (QED) is 0.538. The van der Waals surface area contributed by atoms with Gasteiger partial charge < -0.3 is 14.0 Å². The van der Waals surface area contributed by atoms with Gasteiger partial charge in [-0.2, -0.15) is 0 Å². The number of anilines is 1. The maximum absolute atomic E-state index is 13.3. The highest BCUT2D eigenvalue weighted by atomic mass is 16.5. The van der Waals surface area contributed by atoms with E-state index in [4.69, 9.17) is 4.74 Å². The fourth-order valence-electron chi connectivity index (χ4n) is 3.06. The van der Waals surface area contributed by atoms with Crippen LogP contribution in [0.3, 0.4) is 0 Å². The number of benzene rings is 2. The molecule has 2 aromatic carbocycles. The molecule has 0 atom stereocenters. The zero-order valence-electron chi connectivity index (χ0n) is 14.9. The molecule has 0 aliphatic heterocycles. The van der Waals surface area contributed by atoms with Gasteiger partial charge in [-0.15, -0.1) is 0 Å². The lowest BCUT2D eigenvalue weighted by molar-refractivity contribution is 0.0984. The smallest absolute Gasteiger partial charge is 0.258 e. The Kier molecular flexibility index (Phi) is 4.58. The van der Waals surface area contributed by atoms with Crippen LogP contribution in [-0.4, -0.2) is 22.4 Å². The first-order valence-corrected chi connectivity index (χ1v) is 8.68. The van der Waals surface area contributed by atoms with Crippen molar-refractivity contribution in [3.63, 3.8) is 0 Å². The summed E-state index contributed by atoms with van der Waals surface area (Å²) in [6.45, 7) is 0.408. The van der Waals surface area contributed by atoms with Crippen molar-refractivity contribution in [2.45, 2.75) is 6.54 Å². The summed E-state index contributed by atoms with van der Waals surface area (Å²) in [4.78, 5) is 19.5. The lowest BCUT2D eigenvalue weighted by Crippen LogP contribution is -2.30. The summed E-state index contributed by atoms with van der Waals surface area (Å²) in [5.74, 6) is 0.564. The monoisotopic (exact) mass is 357 g/mol. The second kappa shape index (κ2) is 7.33. The van der Waals surface area contributed by atoms with Gasteiger partial charge >= 0.3 is 0 Å². The van der Waals surface area contributed by atoms with Crippen LogP contribution in [0.15, 0.2) is 85.2 Å². The van der Waals surface area contributed by atoms with Crippen LogP contribution in [0.2, 0.25) is 0 Å². The predicted molar refractivity (Wildman–Crippen MR) is 105 cm³/mol. The van der Waals surface area contributed by atoms with Crippen LogP contribution in [0.5, 0.6) is 5.75 Å². The van der Waals surface area contributed by atoms with Crippen molar-refractivity contribution >= 4 is 17.2 Å². The van der Waals surface area contributed by atoms with Crippen molar-refractivity contribution in [3.05, 3.63) is 96.4 Å². The first kappa shape index (κ1) is 16.8. The maximum Gasteiger partial charge on any atom is 0.258 e. The molecule has 0 spiro atoms. The molecular formula is C22H19N3O2. The summed E-state index contributed by atoms with van der Waals surface area (Å²) in [7, 11) is 1.59. The molecule has 0 N–H and O–H groups in total. The molecule has 2 aromatic heterocycles. The SMILES string of the molecule is COc1cccc(C(=O)N(Cc2cnc3ccccn23)c2ccccc2)c1. The number of rotatable bonds is 5. The first-order valence-electron chi connectivity index (χ1n) is 8.68. The van der Waals surface area contributed by atoms with Gasteiger partial charge in [0.25, 0.3) is 5.91 Å². The van der Waals surface area contributed by atoms with Gasteiger partial charge in [-0.1, -0.05) is 30.3 Å². The summed E-state index contributed by atoms with van der Waals surface area (Å²) in [5, 5.41) is 0. The number of carbonyl (C=O) groups excluding carboxylic acids is 1. The fourth-order valence-corrected chi connectivity index (χ4v) is 3.06. The number of hydrogen-bond donors (Lipinski definition) is 0. The molecule has 134 valence electrons. The van der Waals surface area contributed by atoms with E-state index in [2.05, 4.69) is 4.98 Å². The van der Waals surface area contributed by atoms with Crippen LogP contribution in [0, 0.1) is 0 Å². The highest BCUT2D eigenvalue weighted by Gasteiger charge is 2.20. The second-order valence-corrected chi connectivity index (χ2v) is 6.14. The van der Waals surface area contributed by atoms with E-state index in [1.807, 2.05) is 77.5 Å². The molecule has 0 unspecified atom stereocenters. The van der Waals surface area contributed by atoms with Crippen molar-refractivity contribution in [2.75, 3.05) is 12.0 Å². The molecule has 0 fully saturated rings. The standard InChI is InChI=1S/C22H19N3O2/c1-27-20-11-7-8-17(14-20)22(26)25(18-9-3-2-4-10-18)16-19-15-23-21-12-5-6-13-24(19)21/h2-15H,16H2,1H3. The maximum atomic E-state index is 13.3. The van der Waals surface area contributed by atoms with Gasteiger partial charge in [-0.25, -0.2) is 4.98 Å². The van der Waals surface area contributed by atoms with Gasteiger partial charge in [-0.3, -0.25) is 4.79 Å². The Labute approximate surface area is 157 Å². The normalized spacial score (nSPS) is 10.7. The summed E-state index contributed by atoms with van der Waals surface area (Å²) in [6, 6.07) is 22.7. The number of ether oxygens (including phenoxy) is 1. The summed E-state index contributed by atoms with van der Waals surface area (Å²) in [6.07, 6.45) is 3.76. The fraction of sp³-hybridized carbons (Fsp3) is 0.0909. The molecule has 4 aromatic rings. The van der Waals surface area contributed by atoms with E-state index in [0.717, 1.165) is 17.0 Å². The molecule has 2 heterocycles. The molecule has 0 radical (unpaired) electrons. The zero-order valence-corrected chi connectivity index (χ0v) is 14.9. The largest absolute Gasteiger partial charge is 0.497 e. The number of amides is 1. The van der Waals surface area contributed by atoms with Gasteiger partial charge in [0, 0.05) is 17.4 Å². The van der Waals surface area contributed by atoms with Gasteiger partial charge in [0.1, 0.15) is 11.4 Å². The minimum atomic E-state index is -0.0917. The van der Waals surface area contributed by atoms with Crippen LogP contribution in [0.4, 0.5) is 5.69 Å². The van der Waals surface area contributed by atoms with E-state index >= 15 is 0 Å². The Morgan fingerprint density at radius 2 is 1.85 bits per heavy atom. The summed E-state index contributed by atoms with van der Waals surface area (Å²) in [5.41, 5.74) is 3.20. The first-order chi connectivity index (χ1) is 13.3. The number of pyridine rings is 1. The number of methoxy groups -OCH3 is 1. The second-order valence-electron chi connectivity index (χ2n) is 6.14. The van der Waals surface area contributed by atoms with Crippen LogP contribution in [0.1, 0.15) is 16.1 Å². The van der Waals surface area contributed by atoms with E-state index in [1.54, 1.807) is 24.1 Å². The molecule has 5 nitrogen and oxygen atoms in total. The van der Waals surface area contributed by atoms with Crippen molar-refractivity contribution in [1.29, 1.82) is 0 Å². The molecular weight excluding hydrogens is 338 g/mol. The third-order valence-electron chi connectivity index (χ3n) is 4.44. The topological polar surface area (TPSA) is 46.8 Å². The van der Waals surface area contributed by atoms with Crippen molar-refractivity contribution in [3.8, 4) is 5.75 Å². The zero-order chi connectivity index (χ0) is 18.6. The van der Waals surface area contributed by atoms with E-state index in [1.165, 1.54) is 0 Å². The Hall–Kier alpha value is -3.60. The Morgan fingerprint density at radius 1 is 1.04 bits per heavy atom. The Bertz CT molecular complexity index is 1070. The molecule has 4 rings (SSSR count). The van der Waals surface area contributed by atoms with Crippen LogP contribution in [-0.2, 0) is 6.54 Å². The average molecular weight is 357 g/mol. The molecule has 0 saturated carbocycles. The Balaban J connectivity index is 1.74. The highest BCUT2D eigenvalue weighted by molar-refractivity contribution is 6.06. The Morgan fingerprint density at radius 3 is 2.67 bits per heavy atom. The molecule has 0 aliphatic rings. The molecule has 27 heavy (non-hydrogen) atoms. The van der Waals surface area contributed by atoms with E-state index in [-0.39, 0.29) is 5.91 Å². The number of para-hydroxylation sites is 1. The van der Waals surface area contributed by atoms with Crippen LogP contribution < -0.4 is 9.64 Å². The lowest BCUT2D eigenvalue weighted by atomic mass is 10.1. The number of nitrogens with zero attached hydrogens (tertiary/aromatic N) is 3. The molecule has 1 amide bonds. The molecule has 5 heteroatoms. The third kappa shape index (κ3) is 3.40. The number of hydrogen-bond acceptors (Lipinski definition) is 3. The summed E-state index contributed by atoms with van der Waals surface area (Å²) < 4.78 is 7.26. The number of fused-ring (bicyclic) bond motifs is 1. The minimum absolute atomic E-state index is 0.0917. The third-order valence-corrected chi connectivity index (χ3v) is 4.44. The number of carbonyl (C=O) groups is 1. The molecule has 0 saturated heterocycles. The molecule has 0 bridgehead atoms. The van der Waals surface area contributed by atoms with Gasteiger partial charge in [0.2, 0.25) is 0 Å². The molecule has 0 aliphatic carbocycles. The highest BCUT2D eigenvalue weighted by Crippen LogP contribution is 2.22. The number of imidazole rings is 1. The lowest BCUT2D eigenvalue weighted by Gasteiger charge is -2.23. The van der Waals surface area contributed by atoms with E-state index in [0.29, 0.717) is 17.9 Å². The summed E-state index contributed by atoms with van der Waals surface area (Å²) >= 11 is 0. The van der Waals surface area contributed by atoms with E-state index in [9.17, 15) is 4.79 Å². The van der Waals surface area contributed by atoms with Gasteiger partial charge in [0.15, 0.2) is 0 Å². The van der Waals surface area contributed by atoms with E-state index < -0.39 is 0 Å². The number of aromatic nitrogens is 2. The van der Waals surface area contributed by atoms with Gasteiger partial charge in [-0.05, 0) is 42.5 Å². The van der Waals surface area contributed by atoms with Crippen molar-refractivity contribution in [1.82, 2.24) is 9.38 Å². The van der Waals surface area contributed by atoms with Crippen molar-refractivity contribution < 1.29 is 9.53 Å². The predicted octanol–water partition coefficient (Wildman–Crippen LogP) is 4.19. The average Bonchev–Trinajstić information content (AvgIpc) is 3.15. The van der Waals surface area contributed by atoms with Crippen LogP contribution >= 0.6 is 0 Å². The van der Waals surface area contributed by atoms with Crippen LogP contribution in [0.25, 0.3) is 5.65 Å². The van der Waals surface area contributed by atoms with Gasteiger partial charge in [0.05, 0.1) is 25.5 Å². The minimum Gasteiger partial charge on any atom is -0.497 e.